The summed E-state index contributed by atoms with van der Waals surface area (Å²) in [5.41, 5.74) is 1.18. The van der Waals surface area contributed by atoms with Gasteiger partial charge in [0, 0.05) is 11.8 Å². The fraction of sp³-hybridized carbons (Fsp3) is 0.882. The molecule has 0 heterocycles. The van der Waals surface area contributed by atoms with Gasteiger partial charge in [-0.1, -0.05) is 258 Å². The molecular formula is C51H96O2S. The number of rotatable bonds is 45. The third-order valence-corrected chi connectivity index (χ3v) is 12.0. The Morgan fingerprint density at radius 2 is 0.500 bits per heavy atom. The van der Waals surface area contributed by atoms with Crippen molar-refractivity contribution in [1.82, 2.24) is 0 Å². The standard InChI is InChI=1S/C51H96O2S/c1-3-5-7-9-11-13-15-17-19-21-23-25-27-29-31-33-35-37-39-41-43-52-50-45-49(48-54)46-51(47-50)53-44-42-40-38-36-34-32-30-28-26-24-22-20-18-16-14-12-10-8-6-4-2/h45-47,54H,3-44,48H2,1-2H3. The maximum absolute atomic E-state index is 6.16. The minimum absolute atomic E-state index is 0.714. The Morgan fingerprint density at radius 3 is 0.704 bits per heavy atom. The molecule has 1 rings (SSSR count). The van der Waals surface area contributed by atoms with Crippen LogP contribution in [0.25, 0.3) is 0 Å². The number of thiol groups is 1. The molecule has 3 heteroatoms. The lowest BCUT2D eigenvalue weighted by molar-refractivity contribution is 0.289. The van der Waals surface area contributed by atoms with Gasteiger partial charge in [-0.05, 0) is 30.5 Å². The lowest BCUT2D eigenvalue weighted by Crippen LogP contribution is -2.01. The summed E-state index contributed by atoms with van der Waals surface area (Å²) in [6.45, 7) is 6.21. The number of benzene rings is 1. The van der Waals surface area contributed by atoms with Crippen molar-refractivity contribution in [3.63, 3.8) is 0 Å². The molecular weight excluding hydrogens is 677 g/mol. The van der Waals surface area contributed by atoms with Crippen molar-refractivity contribution < 1.29 is 9.47 Å². The van der Waals surface area contributed by atoms with Crippen molar-refractivity contribution in [2.45, 2.75) is 276 Å². The first-order valence-corrected chi connectivity index (χ1v) is 25.4. The normalized spacial score (nSPS) is 11.5. The maximum Gasteiger partial charge on any atom is 0.123 e. The fourth-order valence-electron chi connectivity index (χ4n) is 7.98. The summed E-state index contributed by atoms with van der Waals surface area (Å²) in [4.78, 5) is 0. The van der Waals surface area contributed by atoms with E-state index in [2.05, 4.69) is 44.7 Å². The molecule has 1 aromatic rings. The zero-order chi connectivity index (χ0) is 38.7. The largest absolute Gasteiger partial charge is 0.493 e. The molecule has 1 aromatic carbocycles. The van der Waals surface area contributed by atoms with Gasteiger partial charge in [0.15, 0.2) is 0 Å². The first kappa shape index (κ1) is 51.2. The van der Waals surface area contributed by atoms with Gasteiger partial charge in [-0.25, -0.2) is 0 Å². The van der Waals surface area contributed by atoms with E-state index in [1.807, 2.05) is 0 Å². The second kappa shape index (κ2) is 43.3. The van der Waals surface area contributed by atoms with Crippen LogP contribution in [0.5, 0.6) is 11.5 Å². The summed E-state index contributed by atoms with van der Waals surface area (Å²) in [6.07, 6.45) is 56.5. The first-order valence-electron chi connectivity index (χ1n) is 24.8. The Morgan fingerprint density at radius 1 is 0.296 bits per heavy atom. The molecule has 0 radical (unpaired) electrons. The van der Waals surface area contributed by atoms with E-state index >= 15 is 0 Å². The molecule has 54 heavy (non-hydrogen) atoms. The molecule has 0 N–H and O–H groups in total. The van der Waals surface area contributed by atoms with Crippen molar-refractivity contribution in [3.05, 3.63) is 23.8 Å². The molecule has 0 aliphatic rings. The van der Waals surface area contributed by atoms with E-state index in [9.17, 15) is 0 Å². The summed E-state index contributed by atoms with van der Waals surface area (Å²) < 4.78 is 12.3. The van der Waals surface area contributed by atoms with Crippen LogP contribution >= 0.6 is 12.6 Å². The molecule has 0 fully saturated rings. The van der Waals surface area contributed by atoms with Crippen LogP contribution in [-0.4, -0.2) is 13.2 Å². The van der Waals surface area contributed by atoms with Crippen LogP contribution in [0, 0.1) is 0 Å². The van der Waals surface area contributed by atoms with Crippen LogP contribution in [0.3, 0.4) is 0 Å². The Labute approximate surface area is 345 Å². The Balaban J connectivity index is 1.89. The second-order valence-electron chi connectivity index (χ2n) is 17.1. The van der Waals surface area contributed by atoms with Crippen molar-refractivity contribution >= 4 is 12.6 Å². The van der Waals surface area contributed by atoms with Crippen molar-refractivity contribution in [1.29, 1.82) is 0 Å². The van der Waals surface area contributed by atoms with Crippen molar-refractivity contribution in [2.75, 3.05) is 13.2 Å². The van der Waals surface area contributed by atoms with Crippen LogP contribution in [0.4, 0.5) is 0 Å². The second-order valence-corrected chi connectivity index (χ2v) is 17.4. The molecule has 0 bridgehead atoms. The lowest BCUT2D eigenvalue weighted by Gasteiger charge is -2.12. The highest BCUT2D eigenvalue weighted by Crippen LogP contribution is 2.25. The van der Waals surface area contributed by atoms with E-state index in [1.165, 1.54) is 250 Å². The van der Waals surface area contributed by atoms with Gasteiger partial charge in [-0.3, -0.25) is 0 Å². The number of unbranched alkanes of at least 4 members (excludes halogenated alkanes) is 38. The van der Waals surface area contributed by atoms with Crippen LogP contribution in [0.15, 0.2) is 18.2 Å². The molecule has 318 valence electrons. The Kier molecular flexibility index (Phi) is 41.0. The van der Waals surface area contributed by atoms with Crippen LogP contribution in [0.1, 0.15) is 276 Å². The third kappa shape index (κ3) is 36.8. The number of hydrogen-bond acceptors (Lipinski definition) is 3. The zero-order valence-corrected chi connectivity index (χ0v) is 37.8. The zero-order valence-electron chi connectivity index (χ0n) is 36.9. The SMILES string of the molecule is CCCCCCCCCCCCCCCCCCCCCCOc1cc(CS)cc(OCCCCCCCCCCCCCCCCCCCCCC)c1. The van der Waals surface area contributed by atoms with Gasteiger partial charge in [-0.15, -0.1) is 0 Å². The summed E-state index contributed by atoms with van der Waals surface area (Å²) in [7, 11) is 0. The highest BCUT2D eigenvalue weighted by Gasteiger charge is 2.04. The van der Waals surface area contributed by atoms with Crippen molar-refractivity contribution in [3.8, 4) is 11.5 Å². The molecule has 2 nitrogen and oxygen atoms in total. The Hall–Kier alpha value is -0.830. The smallest absolute Gasteiger partial charge is 0.123 e. The van der Waals surface area contributed by atoms with E-state index in [1.54, 1.807) is 0 Å². The van der Waals surface area contributed by atoms with Crippen molar-refractivity contribution in [2.24, 2.45) is 0 Å². The average Bonchev–Trinajstić information content (AvgIpc) is 3.19. The molecule has 0 spiro atoms. The van der Waals surface area contributed by atoms with Crippen LogP contribution < -0.4 is 9.47 Å². The first-order chi connectivity index (χ1) is 26.8. The summed E-state index contributed by atoms with van der Waals surface area (Å²) >= 11 is 4.53. The average molecular weight is 773 g/mol. The number of hydrogen-bond donors (Lipinski definition) is 1. The highest BCUT2D eigenvalue weighted by molar-refractivity contribution is 7.79. The number of ether oxygens (including phenoxy) is 2. The maximum atomic E-state index is 6.16. The van der Waals surface area contributed by atoms with Gasteiger partial charge in [0.2, 0.25) is 0 Å². The topological polar surface area (TPSA) is 18.5 Å². The molecule has 0 unspecified atom stereocenters. The van der Waals surface area contributed by atoms with Gasteiger partial charge in [0.05, 0.1) is 13.2 Å². The van der Waals surface area contributed by atoms with Gasteiger partial charge in [0.25, 0.3) is 0 Å². The molecule has 0 amide bonds. The predicted molar refractivity (Wildman–Crippen MR) is 246 cm³/mol. The van der Waals surface area contributed by atoms with E-state index in [0.717, 1.165) is 37.6 Å². The fourth-order valence-corrected chi connectivity index (χ4v) is 8.17. The van der Waals surface area contributed by atoms with Gasteiger partial charge >= 0.3 is 0 Å². The summed E-state index contributed by atoms with van der Waals surface area (Å²) in [5.74, 6) is 2.60. The summed E-state index contributed by atoms with van der Waals surface area (Å²) in [6, 6.07) is 6.35. The van der Waals surface area contributed by atoms with E-state index in [4.69, 9.17) is 9.47 Å². The summed E-state index contributed by atoms with van der Waals surface area (Å²) in [5, 5.41) is 0. The van der Waals surface area contributed by atoms with E-state index < -0.39 is 0 Å². The van der Waals surface area contributed by atoms with E-state index in [-0.39, 0.29) is 0 Å². The van der Waals surface area contributed by atoms with Crippen LogP contribution in [0.2, 0.25) is 0 Å². The van der Waals surface area contributed by atoms with Gasteiger partial charge in [-0.2, -0.15) is 12.6 Å². The highest BCUT2D eigenvalue weighted by atomic mass is 32.1. The lowest BCUT2D eigenvalue weighted by atomic mass is 10.0. The predicted octanol–water partition coefficient (Wildman–Crippen LogP) is 18.5. The Bertz CT molecular complexity index is 792. The molecule has 0 atom stereocenters. The molecule has 0 saturated carbocycles. The minimum Gasteiger partial charge on any atom is -0.493 e. The molecule has 0 saturated heterocycles. The molecule has 0 aromatic heterocycles. The minimum atomic E-state index is 0.714. The van der Waals surface area contributed by atoms with Gasteiger partial charge < -0.3 is 9.47 Å². The third-order valence-electron chi connectivity index (χ3n) is 11.7. The quantitative estimate of drug-likeness (QED) is 0.0526. The van der Waals surface area contributed by atoms with Crippen LogP contribution in [-0.2, 0) is 5.75 Å². The van der Waals surface area contributed by atoms with Gasteiger partial charge in [0.1, 0.15) is 11.5 Å². The monoisotopic (exact) mass is 773 g/mol. The molecule has 0 aliphatic carbocycles. The van der Waals surface area contributed by atoms with E-state index in [0.29, 0.717) is 5.75 Å². The molecule has 0 aliphatic heterocycles.